The minimum absolute atomic E-state index is 0.106. The van der Waals surface area contributed by atoms with Crippen molar-refractivity contribution in [2.45, 2.75) is 58.2 Å². The lowest BCUT2D eigenvalue weighted by atomic mass is 9.99. The van der Waals surface area contributed by atoms with Crippen molar-refractivity contribution in [1.82, 2.24) is 10.2 Å². The van der Waals surface area contributed by atoms with E-state index in [1.807, 2.05) is 69.3 Å². The van der Waals surface area contributed by atoms with Crippen molar-refractivity contribution < 1.29 is 9.59 Å². The fraction of sp³-hybridized carbons (Fsp3) is 0.310. The normalized spacial score (nSPS) is 12.2. The molecule has 0 radical (unpaired) electrons. The second-order valence-corrected chi connectivity index (χ2v) is 11.0. The van der Waals surface area contributed by atoms with Crippen LogP contribution in [0.15, 0.2) is 72.8 Å². The van der Waals surface area contributed by atoms with E-state index in [2.05, 4.69) is 5.32 Å². The van der Waals surface area contributed by atoms with Crippen molar-refractivity contribution >= 4 is 46.6 Å². The van der Waals surface area contributed by atoms with E-state index >= 15 is 0 Å². The SMILES string of the molecule is CC(C)(C)NC(=O)[C@H](Cc1ccccc1)N(Cc1c(Cl)cccc1Cl)C(=O)CCc1ccccc1Cl. The highest BCUT2D eigenvalue weighted by atomic mass is 35.5. The molecule has 7 heteroatoms. The number of nitrogens with zero attached hydrogens (tertiary/aromatic N) is 1. The molecule has 0 fully saturated rings. The van der Waals surface area contributed by atoms with Crippen LogP contribution in [0.1, 0.15) is 43.9 Å². The van der Waals surface area contributed by atoms with Gasteiger partial charge in [0.25, 0.3) is 0 Å². The van der Waals surface area contributed by atoms with Gasteiger partial charge in [-0.1, -0.05) is 89.4 Å². The van der Waals surface area contributed by atoms with E-state index < -0.39 is 11.6 Å². The number of halogens is 3. The van der Waals surface area contributed by atoms with E-state index in [1.54, 1.807) is 29.2 Å². The summed E-state index contributed by atoms with van der Waals surface area (Å²) < 4.78 is 0. The summed E-state index contributed by atoms with van der Waals surface area (Å²) in [5, 5.41) is 4.55. The van der Waals surface area contributed by atoms with Crippen LogP contribution in [-0.2, 0) is 29.0 Å². The number of rotatable bonds is 9. The summed E-state index contributed by atoms with van der Waals surface area (Å²) in [7, 11) is 0. The minimum Gasteiger partial charge on any atom is -0.350 e. The molecule has 0 bridgehead atoms. The van der Waals surface area contributed by atoms with Gasteiger partial charge in [0.05, 0.1) is 0 Å². The molecule has 4 nitrogen and oxygen atoms in total. The fourth-order valence-corrected chi connectivity index (χ4v) is 4.69. The number of aryl methyl sites for hydroxylation is 1. The average molecular weight is 546 g/mol. The summed E-state index contributed by atoms with van der Waals surface area (Å²) in [5.41, 5.74) is 1.96. The van der Waals surface area contributed by atoms with Crippen molar-refractivity contribution in [2.75, 3.05) is 0 Å². The van der Waals surface area contributed by atoms with Gasteiger partial charge in [-0.15, -0.1) is 0 Å². The number of nitrogens with one attached hydrogen (secondary N) is 1. The van der Waals surface area contributed by atoms with Crippen LogP contribution in [0.5, 0.6) is 0 Å². The van der Waals surface area contributed by atoms with Crippen LogP contribution in [-0.4, -0.2) is 28.3 Å². The van der Waals surface area contributed by atoms with Crippen molar-refractivity contribution in [3.63, 3.8) is 0 Å². The Morgan fingerprint density at radius 2 is 1.42 bits per heavy atom. The summed E-state index contributed by atoms with van der Waals surface area (Å²) in [6.07, 6.45) is 0.979. The van der Waals surface area contributed by atoms with Gasteiger partial charge in [-0.3, -0.25) is 9.59 Å². The van der Waals surface area contributed by atoms with Crippen LogP contribution >= 0.6 is 34.8 Å². The number of hydrogen-bond donors (Lipinski definition) is 1. The van der Waals surface area contributed by atoms with E-state index in [0.29, 0.717) is 33.5 Å². The minimum atomic E-state index is -0.766. The maximum Gasteiger partial charge on any atom is 0.243 e. The zero-order chi connectivity index (χ0) is 26.3. The first-order valence-corrected chi connectivity index (χ1v) is 13.0. The highest BCUT2D eigenvalue weighted by molar-refractivity contribution is 6.36. The molecule has 0 saturated heterocycles. The molecule has 0 aliphatic rings. The van der Waals surface area contributed by atoms with Gasteiger partial charge in [-0.25, -0.2) is 0 Å². The molecule has 1 atom stereocenters. The Bertz CT molecular complexity index is 1170. The zero-order valence-corrected chi connectivity index (χ0v) is 23.0. The molecule has 3 aromatic carbocycles. The van der Waals surface area contributed by atoms with Crippen molar-refractivity contribution in [3.8, 4) is 0 Å². The van der Waals surface area contributed by atoms with Gasteiger partial charge >= 0.3 is 0 Å². The molecule has 0 aliphatic carbocycles. The van der Waals surface area contributed by atoms with Crippen LogP contribution in [0.3, 0.4) is 0 Å². The Morgan fingerprint density at radius 1 is 0.833 bits per heavy atom. The number of carbonyl (C=O) groups is 2. The molecule has 3 aromatic rings. The van der Waals surface area contributed by atoms with Crippen LogP contribution < -0.4 is 5.32 Å². The number of hydrogen-bond acceptors (Lipinski definition) is 2. The van der Waals surface area contributed by atoms with Gasteiger partial charge in [0.15, 0.2) is 0 Å². The molecule has 36 heavy (non-hydrogen) atoms. The highest BCUT2D eigenvalue weighted by Gasteiger charge is 2.32. The number of benzene rings is 3. The topological polar surface area (TPSA) is 49.4 Å². The molecular weight excluding hydrogens is 515 g/mol. The predicted molar refractivity (Wildman–Crippen MR) is 149 cm³/mol. The Hall–Kier alpha value is -2.53. The standard InChI is InChI=1S/C29H31Cl3N2O2/c1-29(2,3)33-28(36)26(18-20-10-5-4-6-11-20)34(19-22-24(31)14-9-15-25(22)32)27(35)17-16-21-12-7-8-13-23(21)30/h4-15,26H,16-19H2,1-3H3,(H,33,36)/t26-/m0/s1. The summed E-state index contributed by atoms with van der Waals surface area (Å²) in [4.78, 5) is 29.0. The highest BCUT2D eigenvalue weighted by Crippen LogP contribution is 2.28. The van der Waals surface area contributed by atoms with Crippen LogP contribution in [0.25, 0.3) is 0 Å². The lowest BCUT2D eigenvalue weighted by Gasteiger charge is -2.34. The molecule has 0 spiro atoms. The van der Waals surface area contributed by atoms with E-state index in [9.17, 15) is 9.59 Å². The van der Waals surface area contributed by atoms with Crippen LogP contribution in [0, 0.1) is 0 Å². The number of amides is 2. The summed E-state index contributed by atoms with van der Waals surface area (Å²) in [5.74, 6) is -0.420. The zero-order valence-electron chi connectivity index (χ0n) is 20.7. The Kier molecular flexibility index (Phi) is 9.84. The molecule has 0 aromatic heterocycles. The molecule has 190 valence electrons. The lowest BCUT2D eigenvalue weighted by Crippen LogP contribution is -2.54. The monoisotopic (exact) mass is 544 g/mol. The molecule has 1 N–H and O–H groups in total. The van der Waals surface area contributed by atoms with Crippen molar-refractivity contribution in [1.29, 1.82) is 0 Å². The van der Waals surface area contributed by atoms with Gasteiger partial charge in [-0.2, -0.15) is 0 Å². The summed E-state index contributed by atoms with van der Waals surface area (Å²) >= 11 is 19.3. The first-order chi connectivity index (χ1) is 17.0. The smallest absolute Gasteiger partial charge is 0.243 e. The first-order valence-electron chi connectivity index (χ1n) is 11.9. The fourth-order valence-electron chi connectivity index (χ4n) is 3.95. The quantitative estimate of drug-likeness (QED) is 0.311. The Morgan fingerprint density at radius 3 is 2.03 bits per heavy atom. The molecule has 0 heterocycles. The first kappa shape index (κ1) is 28.0. The Balaban J connectivity index is 1.99. The van der Waals surface area contributed by atoms with Gasteiger partial charge in [0, 0.05) is 45.6 Å². The van der Waals surface area contributed by atoms with Gasteiger partial charge in [0.1, 0.15) is 6.04 Å². The van der Waals surface area contributed by atoms with Crippen molar-refractivity contribution in [3.05, 3.63) is 105 Å². The van der Waals surface area contributed by atoms with Crippen LogP contribution in [0.2, 0.25) is 15.1 Å². The second kappa shape index (κ2) is 12.6. The molecule has 2 amide bonds. The van der Waals surface area contributed by atoms with E-state index in [0.717, 1.165) is 11.1 Å². The van der Waals surface area contributed by atoms with Crippen LogP contribution in [0.4, 0.5) is 0 Å². The molecule has 0 unspecified atom stereocenters. The Labute approximate surface area is 228 Å². The molecule has 0 aliphatic heterocycles. The third-order valence-electron chi connectivity index (χ3n) is 5.73. The van der Waals surface area contributed by atoms with Gasteiger partial charge in [-0.05, 0) is 56.5 Å². The third kappa shape index (κ3) is 7.99. The third-order valence-corrected chi connectivity index (χ3v) is 6.80. The largest absolute Gasteiger partial charge is 0.350 e. The average Bonchev–Trinajstić information content (AvgIpc) is 2.82. The predicted octanol–water partition coefficient (Wildman–Crippen LogP) is 7.13. The molecule has 0 saturated carbocycles. The van der Waals surface area contributed by atoms with Crippen molar-refractivity contribution in [2.24, 2.45) is 0 Å². The van der Waals surface area contributed by atoms with E-state index in [4.69, 9.17) is 34.8 Å². The summed E-state index contributed by atoms with van der Waals surface area (Å²) in [6.45, 7) is 5.85. The van der Waals surface area contributed by atoms with Gasteiger partial charge in [0.2, 0.25) is 11.8 Å². The molecular formula is C29H31Cl3N2O2. The number of carbonyl (C=O) groups excluding carboxylic acids is 2. The summed E-state index contributed by atoms with van der Waals surface area (Å²) in [6, 6.07) is 21.6. The van der Waals surface area contributed by atoms with Gasteiger partial charge < -0.3 is 10.2 Å². The lowest BCUT2D eigenvalue weighted by molar-refractivity contribution is -0.141. The molecule has 3 rings (SSSR count). The van der Waals surface area contributed by atoms with E-state index in [1.165, 1.54) is 0 Å². The second-order valence-electron chi connectivity index (χ2n) is 9.76. The maximum atomic E-state index is 13.8. The maximum absolute atomic E-state index is 13.8. The van der Waals surface area contributed by atoms with E-state index in [-0.39, 0.29) is 24.8 Å².